The summed E-state index contributed by atoms with van der Waals surface area (Å²) in [6.07, 6.45) is 2.82. The van der Waals surface area contributed by atoms with Crippen LogP contribution in [-0.4, -0.2) is 49.3 Å². The third-order valence-electron chi connectivity index (χ3n) is 3.76. The van der Waals surface area contributed by atoms with E-state index in [1.807, 2.05) is 0 Å². The van der Waals surface area contributed by atoms with E-state index >= 15 is 0 Å². The topological polar surface area (TPSA) is 108 Å². The molecule has 0 fully saturated rings. The molecule has 3 rings (SSSR count). The summed E-state index contributed by atoms with van der Waals surface area (Å²) in [5.74, 6) is -1.56. The second-order valence-electron chi connectivity index (χ2n) is 6.23. The molecule has 0 bridgehead atoms. The molecule has 3 aromatic rings. The van der Waals surface area contributed by atoms with Crippen LogP contribution in [0.5, 0.6) is 0 Å². The van der Waals surface area contributed by atoms with E-state index in [1.54, 1.807) is 12.4 Å². The maximum atomic E-state index is 14.2. The lowest BCUT2D eigenvalue weighted by Gasteiger charge is -2.26. The Morgan fingerprint density at radius 1 is 1.30 bits per heavy atom. The van der Waals surface area contributed by atoms with Gasteiger partial charge in [0.05, 0.1) is 12.7 Å². The Balaban J connectivity index is 1.88. The molecule has 3 N–H and O–H groups in total. The minimum atomic E-state index is -2.68. The number of carbonyl (C=O) groups excluding carboxylic acids is 1. The van der Waals surface area contributed by atoms with Gasteiger partial charge in [-0.15, -0.1) is 0 Å². The molecule has 3 aromatic heterocycles. The summed E-state index contributed by atoms with van der Waals surface area (Å²) in [4.78, 5) is 31.1. The fourth-order valence-corrected chi connectivity index (χ4v) is 2.37. The Hall–Kier alpha value is -3.24. The van der Waals surface area contributed by atoms with Crippen molar-refractivity contribution in [3.8, 4) is 11.4 Å². The molecule has 8 nitrogen and oxygen atoms in total. The van der Waals surface area contributed by atoms with Gasteiger partial charge in [0, 0.05) is 23.3 Å². The minimum Gasteiger partial charge on any atom is -0.354 e. The summed E-state index contributed by atoms with van der Waals surface area (Å²) >= 11 is 0. The molecule has 0 spiro atoms. The normalized spacial score (nSPS) is 11.8. The first-order chi connectivity index (χ1) is 12.8. The van der Waals surface area contributed by atoms with Gasteiger partial charge in [0.15, 0.2) is 17.5 Å². The van der Waals surface area contributed by atoms with Crippen LogP contribution in [0, 0.1) is 5.82 Å². The van der Waals surface area contributed by atoms with Crippen LogP contribution >= 0.6 is 0 Å². The summed E-state index contributed by atoms with van der Waals surface area (Å²) in [6.45, 7) is 2.06. The van der Waals surface area contributed by atoms with E-state index in [0.717, 1.165) is 6.20 Å². The van der Waals surface area contributed by atoms with Gasteiger partial charge in [-0.25, -0.2) is 33.1 Å². The van der Waals surface area contributed by atoms with Crippen LogP contribution in [0.15, 0.2) is 24.9 Å². The molecule has 0 radical (unpaired) electrons. The van der Waals surface area contributed by atoms with Crippen LogP contribution in [0.2, 0.25) is 0 Å². The fourth-order valence-electron chi connectivity index (χ4n) is 2.37. The van der Waals surface area contributed by atoms with Gasteiger partial charge in [0.1, 0.15) is 17.5 Å². The minimum absolute atomic E-state index is 0.184. The van der Waals surface area contributed by atoms with E-state index in [9.17, 15) is 18.0 Å². The quantitative estimate of drug-likeness (QED) is 0.605. The smallest absolute Gasteiger partial charge is 0.255 e. The van der Waals surface area contributed by atoms with Crippen molar-refractivity contribution in [3.63, 3.8) is 0 Å². The zero-order valence-electron chi connectivity index (χ0n) is 14.4. The highest BCUT2D eigenvalue weighted by Crippen LogP contribution is 2.26. The lowest BCUT2D eigenvalue weighted by molar-refractivity contribution is -0.125. The maximum absolute atomic E-state index is 14.2. The van der Waals surface area contributed by atoms with Gasteiger partial charge in [-0.2, -0.15) is 0 Å². The second kappa shape index (κ2) is 7.17. The van der Waals surface area contributed by atoms with Crippen molar-refractivity contribution in [1.29, 1.82) is 0 Å². The van der Waals surface area contributed by atoms with Crippen molar-refractivity contribution in [2.24, 2.45) is 0 Å². The first-order valence-corrected chi connectivity index (χ1v) is 7.92. The number of anilines is 1. The lowest BCUT2D eigenvalue weighted by atomic mass is 10.0. The predicted octanol–water partition coefficient (Wildman–Crippen LogP) is 2.13. The number of halogens is 3. The van der Waals surface area contributed by atoms with Crippen LogP contribution in [-0.2, 0) is 4.79 Å². The van der Waals surface area contributed by atoms with E-state index in [-0.39, 0.29) is 11.6 Å². The number of hydrogen-bond acceptors (Lipinski definition) is 6. The van der Waals surface area contributed by atoms with Crippen LogP contribution in [0.25, 0.3) is 22.4 Å². The highest BCUT2D eigenvalue weighted by Gasteiger charge is 2.29. The molecule has 3 heterocycles. The van der Waals surface area contributed by atoms with E-state index in [2.05, 4.69) is 35.6 Å². The summed E-state index contributed by atoms with van der Waals surface area (Å²) in [6, 6.07) is 0. The van der Waals surface area contributed by atoms with Crippen molar-refractivity contribution < 1.29 is 18.0 Å². The summed E-state index contributed by atoms with van der Waals surface area (Å²) in [7, 11) is 0. The Bertz CT molecular complexity index is 974. The predicted molar refractivity (Wildman–Crippen MR) is 91.6 cm³/mol. The molecule has 1 amide bonds. The van der Waals surface area contributed by atoms with E-state index in [4.69, 9.17) is 0 Å². The zero-order chi connectivity index (χ0) is 19.6. The average Bonchev–Trinajstić information content (AvgIpc) is 3.05. The Morgan fingerprint density at radius 2 is 2.07 bits per heavy atom. The molecule has 27 heavy (non-hydrogen) atoms. The number of H-pyrrole nitrogens is 1. The first-order valence-electron chi connectivity index (χ1n) is 7.92. The van der Waals surface area contributed by atoms with E-state index < -0.39 is 30.2 Å². The number of carbonyl (C=O) groups is 1. The van der Waals surface area contributed by atoms with Crippen molar-refractivity contribution in [1.82, 2.24) is 30.2 Å². The molecule has 0 saturated heterocycles. The van der Waals surface area contributed by atoms with Gasteiger partial charge in [0.2, 0.25) is 5.91 Å². The van der Waals surface area contributed by atoms with Crippen molar-refractivity contribution >= 4 is 22.8 Å². The number of fused-ring (bicyclic) bond motifs is 1. The number of aromatic nitrogens is 5. The van der Waals surface area contributed by atoms with Gasteiger partial charge < -0.3 is 15.6 Å². The summed E-state index contributed by atoms with van der Waals surface area (Å²) in [5.41, 5.74) is -0.271. The number of amides is 1. The summed E-state index contributed by atoms with van der Waals surface area (Å²) < 4.78 is 38.7. The number of alkyl halides is 2. The molecule has 11 heteroatoms. The molecular formula is C16H16F3N7O. The molecule has 0 unspecified atom stereocenters. The lowest BCUT2D eigenvalue weighted by Crippen LogP contribution is -2.49. The standard InChI is InChI=1S/C16H16F3N7O/c1-16(2,15(27)23-6-11(18)19)26-14-10(17)5-22-13(25-14)9-4-21-12-8(9)3-20-7-24-12/h3-5,7,11H,6H2,1-2H3,(H,23,27)(H,20,21,24)(H,22,25,26). The number of hydrogen-bond donors (Lipinski definition) is 3. The van der Waals surface area contributed by atoms with Gasteiger partial charge in [0.25, 0.3) is 6.43 Å². The van der Waals surface area contributed by atoms with Gasteiger partial charge in [-0.3, -0.25) is 4.79 Å². The van der Waals surface area contributed by atoms with Crippen LogP contribution < -0.4 is 10.6 Å². The Labute approximate surface area is 151 Å². The third-order valence-corrected chi connectivity index (χ3v) is 3.76. The number of nitrogens with one attached hydrogen (secondary N) is 3. The number of aromatic amines is 1. The molecule has 0 aliphatic heterocycles. The van der Waals surface area contributed by atoms with Crippen molar-refractivity contribution in [2.45, 2.75) is 25.8 Å². The second-order valence-corrected chi connectivity index (χ2v) is 6.23. The van der Waals surface area contributed by atoms with Gasteiger partial charge >= 0.3 is 0 Å². The molecule has 142 valence electrons. The Kier molecular flexibility index (Phi) is 4.93. The third kappa shape index (κ3) is 3.96. The van der Waals surface area contributed by atoms with Gasteiger partial charge in [-0.1, -0.05) is 0 Å². The van der Waals surface area contributed by atoms with Crippen molar-refractivity contribution in [3.05, 3.63) is 30.7 Å². The molecule has 0 aliphatic rings. The van der Waals surface area contributed by atoms with Crippen LogP contribution in [0.4, 0.5) is 19.0 Å². The first kappa shape index (κ1) is 18.5. The molecule has 0 aliphatic carbocycles. The summed E-state index contributed by atoms with van der Waals surface area (Å²) in [5, 5.41) is 5.37. The molecule has 0 saturated carbocycles. The SMILES string of the molecule is CC(C)(Nc1nc(-c2c[nH]c3ncncc23)ncc1F)C(=O)NCC(F)F. The van der Waals surface area contributed by atoms with E-state index in [0.29, 0.717) is 16.6 Å². The van der Waals surface area contributed by atoms with Crippen molar-refractivity contribution in [2.75, 3.05) is 11.9 Å². The average molecular weight is 379 g/mol. The van der Waals surface area contributed by atoms with Crippen LogP contribution in [0.1, 0.15) is 13.8 Å². The molecule has 0 aromatic carbocycles. The largest absolute Gasteiger partial charge is 0.354 e. The highest BCUT2D eigenvalue weighted by atomic mass is 19.3. The van der Waals surface area contributed by atoms with Gasteiger partial charge in [-0.05, 0) is 13.8 Å². The number of rotatable bonds is 6. The Morgan fingerprint density at radius 3 is 2.81 bits per heavy atom. The number of nitrogens with zero attached hydrogens (tertiary/aromatic N) is 4. The fraction of sp³-hybridized carbons (Fsp3) is 0.312. The zero-order valence-corrected chi connectivity index (χ0v) is 14.4. The van der Waals surface area contributed by atoms with Crippen LogP contribution in [0.3, 0.4) is 0 Å². The highest BCUT2D eigenvalue weighted by molar-refractivity contribution is 5.91. The van der Waals surface area contributed by atoms with E-state index in [1.165, 1.54) is 20.2 Å². The maximum Gasteiger partial charge on any atom is 0.255 e. The molecular weight excluding hydrogens is 363 g/mol. The monoisotopic (exact) mass is 379 g/mol. The molecule has 0 atom stereocenters.